The minimum atomic E-state index is -1.13. The van der Waals surface area contributed by atoms with Crippen molar-refractivity contribution >= 4 is 17.9 Å². The highest BCUT2D eigenvalue weighted by Crippen LogP contribution is 2.13. The van der Waals surface area contributed by atoms with Gasteiger partial charge in [0.05, 0.1) is 40.3 Å². The molecular weight excluding hydrogens is 630 g/mol. The van der Waals surface area contributed by atoms with Gasteiger partial charge in [-0.25, -0.2) is 0 Å². The van der Waals surface area contributed by atoms with Crippen LogP contribution in [0.25, 0.3) is 0 Å². The van der Waals surface area contributed by atoms with Crippen LogP contribution in [0.2, 0.25) is 0 Å². The zero-order valence-corrected chi connectivity index (χ0v) is 33.1. The average Bonchev–Trinajstić information content (AvgIpc) is 3.06. The predicted molar refractivity (Wildman–Crippen MR) is 204 cm³/mol. The van der Waals surface area contributed by atoms with E-state index in [0.29, 0.717) is 12.8 Å². The third kappa shape index (κ3) is 31.8. The number of hydrogen-bond donors (Lipinski definition) is 0. The largest absolute Gasteiger partial charge is 0.544 e. The van der Waals surface area contributed by atoms with Crippen LogP contribution >= 0.6 is 0 Å². The molecule has 0 spiro atoms. The van der Waals surface area contributed by atoms with E-state index in [-0.39, 0.29) is 49.1 Å². The molecule has 0 rings (SSSR count). The SMILES string of the molecule is CCCCCC/C=C/CCC(=O)OC(COCCC(C(=O)[O-])[N+](C)(C)C)COC(=O)CCCCCCC/C=C/CCCCCCCCCCC. The third-order valence-electron chi connectivity index (χ3n) is 9.07. The average molecular weight is 708 g/mol. The smallest absolute Gasteiger partial charge is 0.306 e. The van der Waals surface area contributed by atoms with Crippen molar-refractivity contribution < 1.29 is 38.2 Å². The number of likely N-dealkylation sites (N-methyl/N-ethyl adjacent to an activating group) is 1. The van der Waals surface area contributed by atoms with Gasteiger partial charge >= 0.3 is 11.9 Å². The van der Waals surface area contributed by atoms with Gasteiger partial charge in [-0.3, -0.25) is 9.59 Å². The summed E-state index contributed by atoms with van der Waals surface area (Å²) in [7, 11) is 5.38. The van der Waals surface area contributed by atoms with Gasteiger partial charge in [0.1, 0.15) is 12.6 Å². The molecule has 0 aromatic carbocycles. The summed E-state index contributed by atoms with van der Waals surface area (Å²) in [6, 6.07) is -0.728. The summed E-state index contributed by atoms with van der Waals surface area (Å²) in [5.74, 6) is -1.81. The lowest BCUT2D eigenvalue weighted by Crippen LogP contribution is -2.55. The molecule has 8 heteroatoms. The normalized spacial score (nSPS) is 13.2. The number of nitrogens with zero attached hydrogens (tertiary/aromatic N) is 1. The molecule has 0 saturated heterocycles. The van der Waals surface area contributed by atoms with Crippen LogP contribution in [-0.4, -0.2) is 75.5 Å². The van der Waals surface area contributed by atoms with Crippen LogP contribution < -0.4 is 5.11 Å². The number of carbonyl (C=O) groups excluding carboxylic acids is 3. The topological polar surface area (TPSA) is 102 Å². The Morgan fingerprint density at radius 1 is 0.580 bits per heavy atom. The van der Waals surface area contributed by atoms with E-state index >= 15 is 0 Å². The molecule has 2 unspecified atom stereocenters. The van der Waals surface area contributed by atoms with E-state index in [0.717, 1.165) is 44.9 Å². The van der Waals surface area contributed by atoms with Crippen molar-refractivity contribution in [2.45, 2.75) is 187 Å². The first-order valence-electron chi connectivity index (χ1n) is 20.4. The Hall–Kier alpha value is -2.19. The highest BCUT2D eigenvalue weighted by Gasteiger charge is 2.25. The van der Waals surface area contributed by atoms with Gasteiger partial charge in [-0.15, -0.1) is 0 Å². The van der Waals surface area contributed by atoms with Crippen LogP contribution in [0.5, 0.6) is 0 Å². The molecule has 292 valence electrons. The van der Waals surface area contributed by atoms with Gasteiger partial charge < -0.3 is 28.6 Å². The van der Waals surface area contributed by atoms with E-state index in [9.17, 15) is 19.5 Å². The second-order valence-electron chi connectivity index (χ2n) is 14.9. The number of rotatable bonds is 36. The molecule has 0 amide bonds. The van der Waals surface area contributed by atoms with Crippen molar-refractivity contribution in [1.82, 2.24) is 0 Å². The number of carboxylic acids is 1. The van der Waals surface area contributed by atoms with E-state index in [1.165, 1.54) is 89.9 Å². The molecule has 0 fully saturated rings. The van der Waals surface area contributed by atoms with Gasteiger partial charge in [0.15, 0.2) is 6.10 Å². The summed E-state index contributed by atoms with van der Waals surface area (Å²) in [6.45, 7) is 4.56. The van der Waals surface area contributed by atoms with E-state index in [4.69, 9.17) is 14.2 Å². The minimum Gasteiger partial charge on any atom is -0.544 e. The summed E-state index contributed by atoms with van der Waals surface area (Å²) in [4.78, 5) is 36.6. The molecule has 0 radical (unpaired) electrons. The van der Waals surface area contributed by atoms with Gasteiger partial charge in [0.25, 0.3) is 0 Å². The number of unbranched alkanes of at least 4 members (excludes halogenated alkanes) is 18. The monoisotopic (exact) mass is 708 g/mol. The minimum absolute atomic E-state index is 0.0246. The molecule has 8 nitrogen and oxygen atoms in total. The summed E-state index contributed by atoms with van der Waals surface area (Å²) < 4.78 is 17.0. The first-order chi connectivity index (χ1) is 24.1. The van der Waals surface area contributed by atoms with Gasteiger partial charge in [-0.1, -0.05) is 128 Å². The fraction of sp³-hybridized carbons (Fsp3) is 0.833. The van der Waals surface area contributed by atoms with Gasteiger partial charge in [0, 0.05) is 19.3 Å². The quantitative estimate of drug-likeness (QED) is 0.0277. The molecular formula is C42H77NO7. The van der Waals surface area contributed by atoms with Crippen molar-refractivity contribution in [2.75, 3.05) is 41.0 Å². The number of ether oxygens (including phenoxy) is 3. The fourth-order valence-corrected chi connectivity index (χ4v) is 5.85. The molecule has 0 aliphatic carbocycles. The van der Waals surface area contributed by atoms with Crippen molar-refractivity contribution in [3.05, 3.63) is 24.3 Å². The van der Waals surface area contributed by atoms with Crippen LogP contribution in [0, 0.1) is 0 Å². The number of hydrogen-bond acceptors (Lipinski definition) is 7. The summed E-state index contributed by atoms with van der Waals surface area (Å²) in [6.07, 6.45) is 35.1. The van der Waals surface area contributed by atoms with E-state index in [1.54, 1.807) is 21.1 Å². The van der Waals surface area contributed by atoms with Crippen molar-refractivity contribution in [1.29, 1.82) is 0 Å². The van der Waals surface area contributed by atoms with Crippen molar-refractivity contribution in [3.63, 3.8) is 0 Å². The van der Waals surface area contributed by atoms with Crippen LogP contribution in [0.1, 0.15) is 174 Å². The Bertz CT molecular complexity index is 880. The molecule has 0 heterocycles. The Labute approximate surface area is 307 Å². The molecule has 0 aliphatic heterocycles. The number of aliphatic carboxylic acids is 1. The summed E-state index contributed by atoms with van der Waals surface area (Å²) in [5.41, 5.74) is 0. The predicted octanol–water partition coefficient (Wildman–Crippen LogP) is 9.19. The molecule has 0 aromatic heterocycles. The van der Waals surface area contributed by atoms with Crippen LogP contribution in [0.4, 0.5) is 0 Å². The van der Waals surface area contributed by atoms with Gasteiger partial charge in [0.2, 0.25) is 0 Å². The molecule has 0 aromatic rings. The molecule has 50 heavy (non-hydrogen) atoms. The van der Waals surface area contributed by atoms with Crippen LogP contribution in [-0.2, 0) is 28.6 Å². The molecule has 0 N–H and O–H groups in total. The lowest BCUT2D eigenvalue weighted by atomic mass is 10.1. The van der Waals surface area contributed by atoms with E-state index in [2.05, 4.69) is 32.1 Å². The second kappa shape index (κ2) is 33.9. The second-order valence-corrected chi connectivity index (χ2v) is 14.9. The van der Waals surface area contributed by atoms with Crippen LogP contribution in [0.15, 0.2) is 24.3 Å². The Kier molecular flexibility index (Phi) is 32.4. The maximum absolute atomic E-state index is 12.5. The number of esters is 2. The number of carboxylic acid groups (broad SMARTS) is 1. The highest BCUT2D eigenvalue weighted by atomic mass is 16.6. The lowest BCUT2D eigenvalue weighted by Gasteiger charge is -2.34. The summed E-state index contributed by atoms with van der Waals surface area (Å²) >= 11 is 0. The standard InChI is InChI=1S/C42H77NO7/c1-6-8-10-12-14-16-17-18-19-20-21-22-23-24-25-27-28-30-32-40(44)49-37-38(36-48-35-34-39(42(46)47)43(3,4)5)50-41(45)33-31-29-26-15-13-11-9-7-2/h21-22,26,29,38-39H,6-20,23-25,27-28,30-37H2,1-5H3/b22-21+,29-26+. The van der Waals surface area contributed by atoms with E-state index in [1.807, 2.05) is 6.08 Å². The fourth-order valence-electron chi connectivity index (χ4n) is 5.85. The van der Waals surface area contributed by atoms with Crippen molar-refractivity contribution in [2.24, 2.45) is 0 Å². The first kappa shape index (κ1) is 47.8. The maximum atomic E-state index is 12.5. The zero-order valence-electron chi connectivity index (χ0n) is 33.1. The van der Waals surface area contributed by atoms with E-state index < -0.39 is 18.1 Å². The number of quaternary nitrogens is 1. The Morgan fingerprint density at radius 3 is 1.54 bits per heavy atom. The number of allylic oxidation sites excluding steroid dienone is 4. The maximum Gasteiger partial charge on any atom is 0.306 e. The Morgan fingerprint density at radius 2 is 1.04 bits per heavy atom. The number of carbonyl (C=O) groups is 3. The zero-order chi connectivity index (χ0) is 37.1. The Balaban J connectivity index is 4.30. The highest BCUT2D eigenvalue weighted by molar-refractivity contribution is 5.70. The van der Waals surface area contributed by atoms with Gasteiger partial charge in [-0.2, -0.15) is 0 Å². The third-order valence-corrected chi connectivity index (χ3v) is 9.07. The molecule has 0 saturated carbocycles. The molecule has 0 aliphatic rings. The first-order valence-corrected chi connectivity index (χ1v) is 20.4. The van der Waals surface area contributed by atoms with Crippen LogP contribution in [0.3, 0.4) is 0 Å². The summed E-state index contributed by atoms with van der Waals surface area (Å²) in [5, 5.41) is 11.6. The lowest BCUT2D eigenvalue weighted by molar-refractivity contribution is -0.889. The molecule has 2 atom stereocenters. The van der Waals surface area contributed by atoms with Crippen molar-refractivity contribution in [3.8, 4) is 0 Å². The van der Waals surface area contributed by atoms with Gasteiger partial charge in [-0.05, 0) is 51.4 Å². The molecule has 0 bridgehead atoms.